The highest BCUT2D eigenvalue weighted by molar-refractivity contribution is 8.00. The van der Waals surface area contributed by atoms with Crippen molar-refractivity contribution in [3.05, 3.63) is 118 Å². The molecule has 4 rings (SSSR count). The average Bonchev–Trinajstić information content (AvgIpc) is 3.00. The van der Waals surface area contributed by atoms with Crippen molar-refractivity contribution in [1.29, 1.82) is 0 Å². The molecular weight excluding hydrogens is 621 g/mol. The van der Waals surface area contributed by atoms with Crippen LogP contribution in [0, 0.1) is 0 Å². The number of rotatable bonds is 11. The zero-order valence-corrected chi connectivity index (χ0v) is 26.3. The summed E-state index contributed by atoms with van der Waals surface area (Å²) < 4.78 is 10.7. The van der Waals surface area contributed by atoms with Gasteiger partial charge in [-0.25, -0.2) is 0 Å². The van der Waals surface area contributed by atoms with Crippen LogP contribution < -0.4 is 25.4 Å². The van der Waals surface area contributed by atoms with Crippen LogP contribution in [-0.4, -0.2) is 37.2 Å². The van der Waals surface area contributed by atoms with Crippen LogP contribution >= 0.6 is 35.0 Å². The maximum atomic E-state index is 13.5. The lowest BCUT2D eigenvalue weighted by Crippen LogP contribution is -2.30. The Kier molecular flexibility index (Phi) is 11.3. The zero-order chi connectivity index (χ0) is 31.6. The molecule has 0 saturated heterocycles. The SMILES string of the molecule is COc1ccc(/C=C(/NC(=O)c2ccccc2)C(=O)Nc2cccc(SC(C)C(=O)Nc3cc(Cl)cc(Cl)c3)c2)cc1OC. The lowest BCUT2D eigenvalue weighted by Gasteiger charge is -2.14. The molecule has 11 heteroatoms. The van der Waals surface area contributed by atoms with Crippen LogP contribution in [-0.2, 0) is 9.59 Å². The van der Waals surface area contributed by atoms with Gasteiger partial charge in [0.1, 0.15) is 5.70 Å². The first-order valence-electron chi connectivity index (χ1n) is 13.3. The summed E-state index contributed by atoms with van der Waals surface area (Å²) in [5, 5.41) is 8.72. The third-order valence-electron chi connectivity index (χ3n) is 6.15. The van der Waals surface area contributed by atoms with Crippen molar-refractivity contribution in [2.75, 3.05) is 24.9 Å². The largest absolute Gasteiger partial charge is 0.493 e. The first kappa shape index (κ1) is 32.5. The van der Waals surface area contributed by atoms with Crippen LogP contribution in [0.4, 0.5) is 11.4 Å². The van der Waals surface area contributed by atoms with Gasteiger partial charge in [0, 0.05) is 31.9 Å². The van der Waals surface area contributed by atoms with Gasteiger partial charge in [0.05, 0.1) is 19.5 Å². The topological polar surface area (TPSA) is 106 Å². The summed E-state index contributed by atoms with van der Waals surface area (Å²) >= 11 is 13.4. The number of amides is 3. The number of carbonyl (C=O) groups is 3. The quantitative estimate of drug-likeness (QED) is 0.114. The average molecular weight is 651 g/mol. The van der Waals surface area contributed by atoms with Gasteiger partial charge in [0.15, 0.2) is 11.5 Å². The molecular formula is C33H29Cl2N3O5S. The van der Waals surface area contributed by atoms with Crippen molar-refractivity contribution < 1.29 is 23.9 Å². The van der Waals surface area contributed by atoms with Gasteiger partial charge >= 0.3 is 0 Å². The van der Waals surface area contributed by atoms with Gasteiger partial charge in [-0.15, -0.1) is 11.8 Å². The van der Waals surface area contributed by atoms with Gasteiger partial charge in [0.25, 0.3) is 11.8 Å². The fraction of sp³-hybridized carbons (Fsp3) is 0.121. The molecule has 0 fully saturated rings. The summed E-state index contributed by atoms with van der Waals surface area (Å²) in [7, 11) is 3.04. The Morgan fingerprint density at radius 2 is 1.48 bits per heavy atom. The maximum absolute atomic E-state index is 13.5. The van der Waals surface area contributed by atoms with E-state index in [1.54, 1.807) is 97.9 Å². The number of carbonyl (C=O) groups excluding carboxylic acids is 3. The van der Waals surface area contributed by atoms with Crippen LogP contribution in [0.5, 0.6) is 11.5 Å². The minimum Gasteiger partial charge on any atom is -0.493 e. The number of methoxy groups -OCH3 is 2. The minimum atomic E-state index is -0.546. The Bertz CT molecular complexity index is 1680. The number of ether oxygens (including phenoxy) is 2. The number of anilines is 2. The summed E-state index contributed by atoms with van der Waals surface area (Å²) in [4.78, 5) is 40.1. The number of thioether (sulfide) groups is 1. The Morgan fingerprint density at radius 1 is 0.773 bits per heavy atom. The van der Waals surface area contributed by atoms with Crippen LogP contribution in [0.1, 0.15) is 22.8 Å². The fourth-order valence-electron chi connectivity index (χ4n) is 4.02. The first-order chi connectivity index (χ1) is 21.1. The van der Waals surface area contributed by atoms with E-state index in [1.807, 2.05) is 6.07 Å². The van der Waals surface area contributed by atoms with Crippen molar-refractivity contribution in [2.45, 2.75) is 17.1 Å². The number of halogens is 2. The van der Waals surface area contributed by atoms with E-state index in [0.717, 1.165) is 4.90 Å². The summed E-state index contributed by atoms with van der Waals surface area (Å²) in [5.41, 5.74) is 1.97. The van der Waals surface area contributed by atoms with Gasteiger partial charge < -0.3 is 25.4 Å². The van der Waals surface area contributed by atoms with Crippen molar-refractivity contribution in [1.82, 2.24) is 5.32 Å². The lowest BCUT2D eigenvalue weighted by atomic mass is 10.1. The van der Waals surface area contributed by atoms with E-state index in [4.69, 9.17) is 32.7 Å². The maximum Gasteiger partial charge on any atom is 0.272 e. The summed E-state index contributed by atoms with van der Waals surface area (Å²) in [6.07, 6.45) is 1.55. The standard InChI is InChI=1S/C33H29Cl2N3O5S/c1-20(31(39)37-26-17-23(34)16-24(35)18-26)44-27-11-7-10-25(19-27)36-33(41)28(38-32(40)22-8-5-4-6-9-22)14-21-12-13-29(42-2)30(15-21)43-3/h4-20H,1-3H3,(H,36,41)(H,37,39)(H,38,40)/b28-14+. The molecule has 0 aromatic heterocycles. The molecule has 0 aliphatic heterocycles. The summed E-state index contributed by atoms with van der Waals surface area (Å²) in [6, 6.07) is 25.6. The molecule has 8 nitrogen and oxygen atoms in total. The second-order valence-corrected chi connectivity index (χ2v) is 11.7. The predicted octanol–water partition coefficient (Wildman–Crippen LogP) is 7.54. The fourth-order valence-corrected chi connectivity index (χ4v) is 5.48. The molecule has 4 aromatic rings. The van der Waals surface area contributed by atoms with E-state index in [-0.39, 0.29) is 11.6 Å². The normalized spacial score (nSPS) is 11.7. The molecule has 0 spiro atoms. The second-order valence-electron chi connectivity index (χ2n) is 9.38. The molecule has 44 heavy (non-hydrogen) atoms. The highest BCUT2D eigenvalue weighted by Gasteiger charge is 2.18. The molecule has 226 valence electrons. The number of nitrogens with one attached hydrogen (secondary N) is 3. The Balaban J connectivity index is 1.52. The van der Waals surface area contributed by atoms with Crippen molar-refractivity contribution in [3.8, 4) is 11.5 Å². The highest BCUT2D eigenvalue weighted by Crippen LogP contribution is 2.30. The molecule has 3 amide bonds. The van der Waals surface area contributed by atoms with Crippen LogP contribution in [0.3, 0.4) is 0 Å². The monoisotopic (exact) mass is 649 g/mol. The predicted molar refractivity (Wildman–Crippen MR) is 177 cm³/mol. The van der Waals surface area contributed by atoms with Crippen LogP contribution in [0.2, 0.25) is 10.0 Å². The summed E-state index contributed by atoms with van der Waals surface area (Å²) in [5.74, 6) is -0.242. The molecule has 0 saturated carbocycles. The van der Waals surface area contributed by atoms with E-state index in [9.17, 15) is 14.4 Å². The lowest BCUT2D eigenvalue weighted by molar-refractivity contribution is -0.115. The number of hydrogen-bond donors (Lipinski definition) is 3. The molecule has 0 aliphatic carbocycles. The highest BCUT2D eigenvalue weighted by atomic mass is 35.5. The van der Waals surface area contributed by atoms with E-state index in [1.165, 1.54) is 26.0 Å². The van der Waals surface area contributed by atoms with Crippen molar-refractivity contribution in [2.24, 2.45) is 0 Å². The molecule has 0 heterocycles. The first-order valence-corrected chi connectivity index (χ1v) is 14.9. The van der Waals surface area contributed by atoms with Gasteiger partial charge in [-0.3, -0.25) is 14.4 Å². The Labute approximate surface area is 269 Å². The van der Waals surface area contributed by atoms with Crippen LogP contribution in [0.25, 0.3) is 6.08 Å². The Hall–Kier alpha value is -4.44. The minimum absolute atomic E-state index is 0.0112. The summed E-state index contributed by atoms with van der Waals surface area (Å²) in [6.45, 7) is 1.76. The van der Waals surface area contributed by atoms with Gasteiger partial charge in [-0.1, -0.05) is 53.5 Å². The van der Waals surface area contributed by atoms with Gasteiger partial charge in [-0.05, 0) is 79.2 Å². The van der Waals surface area contributed by atoms with E-state index >= 15 is 0 Å². The molecule has 0 radical (unpaired) electrons. The zero-order valence-electron chi connectivity index (χ0n) is 24.0. The molecule has 1 atom stereocenters. The molecule has 4 aromatic carbocycles. The van der Waals surface area contributed by atoms with E-state index < -0.39 is 17.1 Å². The van der Waals surface area contributed by atoms with Gasteiger partial charge in [-0.2, -0.15) is 0 Å². The third-order valence-corrected chi connectivity index (χ3v) is 7.68. The smallest absolute Gasteiger partial charge is 0.272 e. The molecule has 0 bridgehead atoms. The van der Waals surface area contributed by atoms with Crippen molar-refractivity contribution in [3.63, 3.8) is 0 Å². The van der Waals surface area contributed by atoms with Gasteiger partial charge in [0.2, 0.25) is 5.91 Å². The number of benzene rings is 4. The third kappa shape index (κ3) is 9.03. The Morgan fingerprint density at radius 3 is 2.16 bits per heavy atom. The van der Waals surface area contributed by atoms with Crippen LogP contribution in [0.15, 0.2) is 102 Å². The molecule has 1 unspecified atom stereocenters. The molecule has 3 N–H and O–H groups in total. The second kappa shape index (κ2) is 15.3. The molecule has 0 aliphatic rings. The van der Waals surface area contributed by atoms with E-state index in [0.29, 0.717) is 44.0 Å². The number of hydrogen-bond acceptors (Lipinski definition) is 6. The van der Waals surface area contributed by atoms with E-state index in [2.05, 4.69) is 16.0 Å². The van der Waals surface area contributed by atoms with Crippen molar-refractivity contribution >= 4 is 70.1 Å².